The highest BCUT2D eigenvalue weighted by molar-refractivity contribution is 8.18. The zero-order valence-electron chi connectivity index (χ0n) is 16.6. The third-order valence-corrected chi connectivity index (χ3v) is 6.57. The molecule has 0 saturated carbocycles. The van der Waals surface area contributed by atoms with Crippen molar-refractivity contribution in [3.63, 3.8) is 0 Å². The van der Waals surface area contributed by atoms with Crippen molar-refractivity contribution in [1.29, 1.82) is 0 Å². The van der Waals surface area contributed by atoms with Gasteiger partial charge in [-0.05, 0) is 48.9 Å². The normalized spacial score (nSPS) is 16.1. The van der Waals surface area contributed by atoms with E-state index in [1.165, 1.54) is 27.1 Å². The molecule has 2 aromatic heterocycles. The number of hydrogen-bond donors (Lipinski definition) is 0. The molecule has 0 atom stereocenters. The van der Waals surface area contributed by atoms with Gasteiger partial charge in [0.15, 0.2) is 0 Å². The number of Topliss-reactive ketones (excluding diaryl/α,β-unsaturated/α-hetero) is 1. The zero-order valence-corrected chi connectivity index (χ0v) is 18.3. The molecule has 6 nitrogen and oxygen atoms in total. The molecule has 0 aromatic carbocycles. The van der Waals surface area contributed by atoms with Crippen molar-refractivity contribution in [2.24, 2.45) is 0 Å². The van der Waals surface area contributed by atoms with Gasteiger partial charge in [0.2, 0.25) is 0 Å². The van der Waals surface area contributed by atoms with Crippen LogP contribution in [0.5, 0.6) is 0 Å². The maximum Gasteiger partial charge on any atom is 0.456 e. The third-order valence-electron chi connectivity index (χ3n) is 4.50. The molecule has 0 aliphatic carbocycles. The number of nitrogens with zero attached hydrogens (tertiary/aromatic N) is 3. The largest absolute Gasteiger partial charge is 0.456 e. The lowest BCUT2D eigenvalue weighted by Gasteiger charge is -2.12. The van der Waals surface area contributed by atoms with E-state index in [9.17, 15) is 27.6 Å². The molecule has 2 amide bonds. The van der Waals surface area contributed by atoms with Gasteiger partial charge in [0.1, 0.15) is 11.3 Å². The summed E-state index contributed by atoms with van der Waals surface area (Å²) in [7, 11) is 0. The van der Waals surface area contributed by atoms with E-state index in [4.69, 9.17) is 0 Å². The highest BCUT2D eigenvalue weighted by Crippen LogP contribution is 2.31. The maximum absolute atomic E-state index is 12.9. The van der Waals surface area contributed by atoms with Crippen molar-refractivity contribution in [2.75, 3.05) is 12.3 Å². The number of imidazole rings is 1. The number of carbonyl (C=O) groups is 3. The average molecular weight is 472 g/mol. The van der Waals surface area contributed by atoms with E-state index in [0.29, 0.717) is 35.1 Å². The molecule has 3 rings (SSSR count). The lowest BCUT2D eigenvalue weighted by molar-refractivity contribution is -0.122. The first-order valence-electron chi connectivity index (χ1n) is 9.68. The van der Waals surface area contributed by atoms with Crippen molar-refractivity contribution < 1.29 is 27.6 Å². The van der Waals surface area contributed by atoms with Crippen LogP contribution in [0.1, 0.15) is 43.1 Å². The molecule has 166 valence electrons. The van der Waals surface area contributed by atoms with Crippen molar-refractivity contribution in [1.82, 2.24) is 14.3 Å². The van der Waals surface area contributed by atoms with Gasteiger partial charge < -0.3 is 0 Å². The number of hydrogen-bond acceptors (Lipinski definition) is 6. The molecule has 1 saturated heterocycles. The van der Waals surface area contributed by atoms with Crippen LogP contribution in [0.15, 0.2) is 40.4 Å². The van der Waals surface area contributed by atoms with Crippen LogP contribution in [0.25, 0.3) is 5.65 Å². The standard InChI is InChI=1S/C20H20F3N3O3S2/c1-2-3-7-14-18(28)25(19(29)31-14)10-4-5-11-30-16-9-6-8-15-24-12-13(26(15)16)17(27)20(21,22)23/h6-9,12H,2-5,10-11H2,1H3. The Kier molecular flexibility index (Phi) is 7.47. The number of fused-ring (bicyclic) bond motifs is 1. The van der Waals surface area contributed by atoms with E-state index in [1.807, 2.05) is 6.92 Å². The van der Waals surface area contributed by atoms with Crippen LogP contribution in [-0.4, -0.2) is 49.7 Å². The first-order valence-corrected chi connectivity index (χ1v) is 11.5. The fourth-order valence-corrected chi connectivity index (χ4v) is 4.90. The summed E-state index contributed by atoms with van der Waals surface area (Å²) in [4.78, 5) is 41.6. The van der Waals surface area contributed by atoms with Crippen LogP contribution in [0.2, 0.25) is 0 Å². The highest BCUT2D eigenvalue weighted by Gasteiger charge is 2.41. The average Bonchev–Trinajstić information content (AvgIpc) is 3.27. The topological polar surface area (TPSA) is 71.8 Å². The Morgan fingerprint density at radius 3 is 2.74 bits per heavy atom. The molecule has 1 aliphatic heterocycles. The van der Waals surface area contributed by atoms with Crippen molar-refractivity contribution in [2.45, 2.75) is 43.8 Å². The second-order valence-electron chi connectivity index (χ2n) is 6.77. The van der Waals surface area contributed by atoms with Crippen LogP contribution < -0.4 is 0 Å². The molecular weight excluding hydrogens is 451 g/mol. The summed E-state index contributed by atoms with van der Waals surface area (Å²) < 4.78 is 39.8. The molecule has 0 radical (unpaired) electrons. The Labute approximate surface area is 185 Å². The number of amides is 2. The van der Waals surface area contributed by atoms with Gasteiger partial charge in [0.05, 0.1) is 16.1 Å². The molecule has 3 heterocycles. The number of imide groups is 1. The number of aromatic nitrogens is 2. The number of allylic oxidation sites excluding steroid dienone is 1. The van der Waals surface area contributed by atoms with Gasteiger partial charge in [-0.15, -0.1) is 11.8 Å². The fraction of sp³-hybridized carbons (Fsp3) is 0.400. The Morgan fingerprint density at radius 2 is 2.03 bits per heavy atom. The number of carbonyl (C=O) groups excluding carboxylic acids is 3. The first-order chi connectivity index (χ1) is 14.7. The lowest BCUT2D eigenvalue weighted by Crippen LogP contribution is -2.29. The van der Waals surface area contributed by atoms with E-state index in [-0.39, 0.29) is 16.8 Å². The number of halogens is 3. The van der Waals surface area contributed by atoms with Crippen LogP contribution >= 0.6 is 23.5 Å². The number of ketones is 1. The minimum atomic E-state index is -4.98. The molecule has 1 fully saturated rings. The predicted octanol–water partition coefficient (Wildman–Crippen LogP) is 5.33. The second kappa shape index (κ2) is 9.90. The maximum atomic E-state index is 12.9. The minimum absolute atomic E-state index is 0.259. The van der Waals surface area contributed by atoms with Crippen LogP contribution in [0, 0.1) is 0 Å². The van der Waals surface area contributed by atoms with E-state index in [0.717, 1.165) is 30.8 Å². The summed E-state index contributed by atoms with van der Waals surface area (Å²) in [5.41, 5.74) is -0.267. The SMILES string of the molecule is CCCC=C1SC(=O)N(CCCCSc2cccc3ncc(C(=O)C(F)(F)F)n23)C1=O. The smallest absolute Gasteiger partial charge is 0.284 e. The Bertz CT molecular complexity index is 1030. The Balaban J connectivity index is 1.58. The van der Waals surface area contributed by atoms with Gasteiger partial charge in [-0.3, -0.25) is 23.7 Å². The van der Waals surface area contributed by atoms with Gasteiger partial charge >= 0.3 is 6.18 Å². The fourth-order valence-electron chi connectivity index (χ4n) is 2.98. The monoisotopic (exact) mass is 471 g/mol. The summed E-state index contributed by atoms with van der Waals surface area (Å²) in [5.74, 6) is -1.67. The molecule has 0 spiro atoms. The first kappa shape index (κ1) is 23.4. The summed E-state index contributed by atoms with van der Waals surface area (Å²) in [6.45, 7) is 2.28. The molecule has 31 heavy (non-hydrogen) atoms. The zero-order chi connectivity index (χ0) is 22.6. The van der Waals surface area contributed by atoms with E-state index < -0.39 is 17.7 Å². The summed E-state index contributed by atoms with van der Waals surface area (Å²) >= 11 is 2.24. The molecule has 1 aliphatic rings. The quantitative estimate of drug-likeness (QED) is 0.213. The molecule has 0 unspecified atom stereocenters. The van der Waals surface area contributed by atoms with Crippen LogP contribution in [0.3, 0.4) is 0 Å². The molecular formula is C20H20F3N3O3S2. The number of pyridine rings is 1. The third kappa shape index (κ3) is 5.32. The van der Waals surface area contributed by atoms with Gasteiger partial charge in [0, 0.05) is 6.54 Å². The summed E-state index contributed by atoms with van der Waals surface area (Å²) in [5, 5.41) is 0.190. The molecule has 11 heteroatoms. The predicted molar refractivity (Wildman–Crippen MR) is 113 cm³/mol. The number of alkyl halides is 3. The van der Waals surface area contributed by atoms with Gasteiger partial charge in [-0.1, -0.05) is 25.5 Å². The molecule has 0 N–H and O–H groups in total. The van der Waals surface area contributed by atoms with Crippen LogP contribution in [-0.2, 0) is 4.79 Å². The van der Waals surface area contributed by atoms with Gasteiger partial charge in [0.25, 0.3) is 16.9 Å². The molecule has 2 aromatic rings. The number of rotatable bonds is 9. The van der Waals surface area contributed by atoms with Crippen LogP contribution in [0.4, 0.5) is 18.0 Å². The minimum Gasteiger partial charge on any atom is -0.284 e. The second-order valence-corrected chi connectivity index (χ2v) is 8.87. The number of thioether (sulfide) groups is 2. The summed E-state index contributed by atoms with van der Waals surface area (Å²) in [6, 6.07) is 4.82. The Hall–Kier alpha value is -2.27. The Morgan fingerprint density at radius 1 is 1.26 bits per heavy atom. The highest BCUT2D eigenvalue weighted by atomic mass is 32.2. The van der Waals surface area contributed by atoms with Crippen molar-refractivity contribution in [3.8, 4) is 0 Å². The molecule has 0 bridgehead atoms. The van der Waals surface area contributed by atoms with E-state index >= 15 is 0 Å². The number of unbranched alkanes of at least 4 members (excludes halogenated alkanes) is 2. The van der Waals surface area contributed by atoms with Gasteiger partial charge in [-0.2, -0.15) is 13.2 Å². The van der Waals surface area contributed by atoms with Gasteiger partial charge in [-0.25, -0.2) is 4.98 Å². The van der Waals surface area contributed by atoms with Crippen molar-refractivity contribution >= 4 is 46.1 Å². The van der Waals surface area contributed by atoms with E-state index in [2.05, 4.69) is 4.98 Å². The van der Waals surface area contributed by atoms with Crippen molar-refractivity contribution in [3.05, 3.63) is 41.1 Å². The van der Waals surface area contributed by atoms with E-state index in [1.54, 1.807) is 18.2 Å². The lowest BCUT2D eigenvalue weighted by atomic mass is 10.3. The summed E-state index contributed by atoms with van der Waals surface area (Å²) in [6.07, 6.45) is 0.569.